The number of quaternary nitrogens is 1. The van der Waals surface area contributed by atoms with Gasteiger partial charge in [0.2, 0.25) is 0 Å². The smallest absolute Gasteiger partial charge is 0.279 e. The predicted octanol–water partition coefficient (Wildman–Crippen LogP) is 2.05. The number of amides is 2. The third-order valence-electron chi connectivity index (χ3n) is 4.54. The van der Waals surface area contributed by atoms with Crippen LogP contribution in [0.2, 0.25) is 0 Å². The molecular formula is C23H32N3O3+. The highest BCUT2D eigenvalue weighted by Gasteiger charge is 2.19. The molecule has 0 aliphatic carbocycles. The average molecular weight is 399 g/mol. The Bertz CT molecular complexity index is 776. The van der Waals surface area contributed by atoms with Gasteiger partial charge in [-0.3, -0.25) is 9.59 Å². The summed E-state index contributed by atoms with van der Waals surface area (Å²) in [5.74, 6) is 0.995. The summed E-state index contributed by atoms with van der Waals surface area (Å²) in [6.07, 6.45) is 0.868. The first-order valence-electron chi connectivity index (χ1n) is 9.97. The van der Waals surface area contributed by atoms with Gasteiger partial charge in [0.15, 0.2) is 13.1 Å². The highest BCUT2D eigenvalue weighted by atomic mass is 16.5. The molecule has 0 bridgehead atoms. The topological polar surface area (TPSA) is 71.9 Å². The van der Waals surface area contributed by atoms with Crippen LogP contribution < -0.4 is 20.3 Å². The molecule has 2 aromatic rings. The molecule has 6 heteroatoms. The van der Waals surface area contributed by atoms with Crippen LogP contribution in [0.25, 0.3) is 0 Å². The van der Waals surface area contributed by atoms with E-state index in [1.165, 1.54) is 0 Å². The number of likely N-dealkylation sites (N-methyl/N-ethyl adjacent to an activating group) is 1. The van der Waals surface area contributed by atoms with Crippen LogP contribution in [0.3, 0.4) is 0 Å². The van der Waals surface area contributed by atoms with Crippen molar-refractivity contribution in [2.75, 3.05) is 32.6 Å². The average Bonchev–Trinajstić information content (AvgIpc) is 2.68. The van der Waals surface area contributed by atoms with Gasteiger partial charge in [0.05, 0.1) is 20.2 Å². The summed E-state index contributed by atoms with van der Waals surface area (Å²) < 4.78 is 5.11. The molecule has 0 saturated carbocycles. The first-order chi connectivity index (χ1) is 13.9. The minimum absolute atomic E-state index is 0.0235. The Morgan fingerprint density at radius 1 is 0.966 bits per heavy atom. The second-order valence-electron chi connectivity index (χ2n) is 7.75. The van der Waals surface area contributed by atoms with E-state index in [9.17, 15) is 9.59 Å². The lowest BCUT2D eigenvalue weighted by Crippen LogP contribution is -3.11. The molecule has 0 aliphatic heterocycles. The molecule has 2 amide bonds. The van der Waals surface area contributed by atoms with E-state index in [0.717, 1.165) is 22.6 Å². The molecule has 29 heavy (non-hydrogen) atoms. The summed E-state index contributed by atoms with van der Waals surface area (Å²) >= 11 is 0. The quantitative estimate of drug-likeness (QED) is 0.574. The van der Waals surface area contributed by atoms with Gasteiger partial charge in [-0.15, -0.1) is 0 Å². The van der Waals surface area contributed by atoms with Crippen LogP contribution in [0.15, 0.2) is 54.6 Å². The Balaban J connectivity index is 1.85. The molecular weight excluding hydrogens is 366 g/mol. The number of anilines is 1. The van der Waals surface area contributed by atoms with Gasteiger partial charge in [0.1, 0.15) is 5.75 Å². The zero-order valence-electron chi connectivity index (χ0n) is 17.7. The van der Waals surface area contributed by atoms with Crippen LogP contribution in [0.4, 0.5) is 5.69 Å². The fourth-order valence-electron chi connectivity index (χ4n) is 3.17. The van der Waals surface area contributed by atoms with Crippen LogP contribution in [-0.2, 0) is 9.59 Å². The van der Waals surface area contributed by atoms with E-state index in [0.29, 0.717) is 11.6 Å². The summed E-state index contributed by atoms with van der Waals surface area (Å²) in [7, 11) is 3.44. The molecule has 2 aromatic carbocycles. The molecule has 0 saturated heterocycles. The first-order valence-corrected chi connectivity index (χ1v) is 9.97. The van der Waals surface area contributed by atoms with Crippen molar-refractivity contribution in [3.63, 3.8) is 0 Å². The molecule has 0 fully saturated rings. The lowest BCUT2D eigenvalue weighted by atomic mass is 9.97. The van der Waals surface area contributed by atoms with E-state index < -0.39 is 0 Å². The Labute approximate surface area is 173 Å². The lowest BCUT2D eigenvalue weighted by molar-refractivity contribution is -0.862. The maximum absolute atomic E-state index is 12.6. The minimum atomic E-state index is -0.137. The monoisotopic (exact) mass is 398 g/mol. The SMILES string of the molecule is COc1ccc(NC(=O)C[NH+](C)CC(=O)N[C@H](CC(C)C)c2ccccc2)cc1. The molecule has 0 radical (unpaired) electrons. The van der Waals surface area contributed by atoms with Crippen LogP contribution in [0.1, 0.15) is 31.9 Å². The standard InChI is InChI=1S/C23H31N3O3/c1-17(2)14-21(18-8-6-5-7-9-18)25-23(28)16-26(3)15-22(27)24-19-10-12-20(29-4)13-11-19/h5-13,17,21H,14-16H2,1-4H3,(H,24,27)(H,25,28)/p+1/t21-/m1/s1. The van der Waals surface area contributed by atoms with Crippen LogP contribution >= 0.6 is 0 Å². The maximum atomic E-state index is 12.6. The van der Waals surface area contributed by atoms with Crippen LogP contribution in [0.5, 0.6) is 5.75 Å². The molecule has 2 atom stereocenters. The minimum Gasteiger partial charge on any atom is -0.497 e. The third-order valence-corrected chi connectivity index (χ3v) is 4.54. The second kappa shape index (κ2) is 11.2. The van der Waals surface area contributed by atoms with Crippen LogP contribution in [0, 0.1) is 5.92 Å². The Morgan fingerprint density at radius 3 is 2.17 bits per heavy atom. The van der Waals surface area contributed by atoms with Gasteiger partial charge in [-0.05, 0) is 42.2 Å². The van der Waals surface area contributed by atoms with Crippen molar-refractivity contribution in [3.05, 3.63) is 60.2 Å². The Hall–Kier alpha value is -2.86. The molecule has 0 aromatic heterocycles. The summed E-state index contributed by atoms with van der Waals surface area (Å²) in [5.41, 5.74) is 1.80. The zero-order chi connectivity index (χ0) is 21.2. The summed E-state index contributed by atoms with van der Waals surface area (Å²) in [6.45, 7) is 4.73. The summed E-state index contributed by atoms with van der Waals surface area (Å²) in [4.78, 5) is 25.6. The number of hydrogen-bond donors (Lipinski definition) is 3. The second-order valence-corrected chi connectivity index (χ2v) is 7.75. The van der Waals surface area contributed by atoms with Crippen molar-refractivity contribution >= 4 is 17.5 Å². The fraction of sp³-hybridized carbons (Fsp3) is 0.391. The van der Waals surface area contributed by atoms with Crippen molar-refractivity contribution in [1.82, 2.24) is 5.32 Å². The normalized spacial score (nSPS) is 12.9. The van der Waals surface area contributed by atoms with Gasteiger partial charge in [0.25, 0.3) is 11.8 Å². The number of nitrogens with one attached hydrogen (secondary N) is 3. The highest BCUT2D eigenvalue weighted by Crippen LogP contribution is 2.20. The van der Waals surface area contributed by atoms with Crippen LogP contribution in [-0.4, -0.2) is 39.1 Å². The van der Waals surface area contributed by atoms with E-state index in [1.807, 2.05) is 37.4 Å². The van der Waals surface area contributed by atoms with E-state index in [1.54, 1.807) is 31.4 Å². The predicted molar refractivity (Wildman–Crippen MR) is 115 cm³/mol. The largest absolute Gasteiger partial charge is 0.497 e. The molecule has 0 spiro atoms. The molecule has 0 heterocycles. The Morgan fingerprint density at radius 2 is 1.59 bits per heavy atom. The number of methoxy groups -OCH3 is 1. The van der Waals surface area contributed by atoms with E-state index in [4.69, 9.17) is 4.74 Å². The van der Waals surface area contributed by atoms with E-state index >= 15 is 0 Å². The van der Waals surface area contributed by atoms with Gasteiger partial charge in [0, 0.05) is 5.69 Å². The number of carbonyl (C=O) groups is 2. The fourth-order valence-corrected chi connectivity index (χ4v) is 3.17. The van der Waals surface area contributed by atoms with E-state index in [-0.39, 0.29) is 30.9 Å². The number of hydrogen-bond acceptors (Lipinski definition) is 3. The summed E-state index contributed by atoms with van der Waals surface area (Å²) in [5, 5.41) is 5.97. The van der Waals surface area contributed by atoms with Gasteiger partial charge < -0.3 is 20.3 Å². The lowest BCUT2D eigenvalue weighted by Gasteiger charge is -2.22. The molecule has 156 valence electrons. The van der Waals surface area contributed by atoms with Crippen molar-refractivity contribution in [1.29, 1.82) is 0 Å². The molecule has 2 rings (SSSR count). The number of rotatable bonds is 10. The molecule has 3 N–H and O–H groups in total. The number of ether oxygens (including phenoxy) is 1. The summed E-state index contributed by atoms with van der Waals surface area (Å²) in [6, 6.07) is 17.1. The molecule has 6 nitrogen and oxygen atoms in total. The number of carbonyl (C=O) groups excluding carboxylic acids is 2. The zero-order valence-corrected chi connectivity index (χ0v) is 17.7. The molecule has 0 aliphatic rings. The van der Waals surface area contributed by atoms with Crippen molar-refractivity contribution in [2.45, 2.75) is 26.3 Å². The van der Waals surface area contributed by atoms with Gasteiger partial charge >= 0.3 is 0 Å². The van der Waals surface area contributed by atoms with E-state index in [2.05, 4.69) is 24.5 Å². The Kier molecular flexibility index (Phi) is 8.68. The van der Waals surface area contributed by atoms with Crippen molar-refractivity contribution in [3.8, 4) is 5.75 Å². The molecule has 1 unspecified atom stereocenters. The van der Waals surface area contributed by atoms with Gasteiger partial charge in [-0.2, -0.15) is 0 Å². The first kappa shape index (κ1) is 22.4. The van der Waals surface area contributed by atoms with Crippen molar-refractivity contribution < 1.29 is 19.2 Å². The van der Waals surface area contributed by atoms with Crippen molar-refractivity contribution in [2.24, 2.45) is 5.92 Å². The third kappa shape index (κ3) is 7.95. The van der Waals surface area contributed by atoms with Gasteiger partial charge in [-0.25, -0.2) is 0 Å². The number of benzene rings is 2. The maximum Gasteiger partial charge on any atom is 0.279 e. The highest BCUT2D eigenvalue weighted by molar-refractivity contribution is 5.91. The van der Waals surface area contributed by atoms with Gasteiger partial charge in [-0.1, -0.05) is 44.2 Å².